The number of H-pyrrole nitrogens is 1. The highest BCUT2D eigenvalue weighted by Crippen LogP contribution is 2.18. The second kappa shape index (κ2) is 4.20. The zero-order chi connectivity index (χ0) is 13.4. The summed E-state index contributed by atoms with van der Waals surface area (Å²) < 4.78 is 3.33. The van der Waals surface area contributed by atoms with Crippen molar-refractivity contribution < 1.29 is 0 Å². The van der Waals surface area contributed by atoms with E-state index in [1.54, 1.807) is 28.0 Å². The van der Waals surface area contributed by atoms with Gasteiger partial charge in [-0.15, -0.1) is 0 Å². The summed E-state index contributed by atoms with van der Waals surface area (Å²) in [6.07, 6.45) is 6.94. The van der Waals surface area contributed by atoms with Gasteiger partial charge >= 0.3 is 0 Å². The van der Waals surface area contributed by atoms with Gasteiger partial charge in [0.2, 0.25) is 0 Å². The first kappa shape index (κ1) is 11.4. The fourth-order valence-corrected chi connectivity index (χ4v) is 1.84. The van der Waals surface area contributed by atoms with E-state index in [0.29, 0.717) is 11.5 Å². The molecule has 0 spiro atoms. The van der Waals surface area contributed by atoms with Crippen LogP contribution in [-0.2, 0) is 14.1 Å². The highest BCUT2D eigenvalue weighted by molar-refractivity contribution is 5.61. The molecule has 3 heterocycles. The minimum absolute atomic E-state index is 0.201. The molecule has 0 saturated carbocycles. The highest BCUT2D eigenvalue weighted by atomic mass is 16.1. The first-order valence-corrected chi connectivity index (χ1v) is 5.71. The Morgan fingerprint density at radius 1 is 1.05 bits per heavy atom. The van der Waals surface area contributed by atoms with Gasteiger partial charge in [0, 0.05) is 38.1 Å². The van der Waals surface area contributed by atoms with Crippen LogP contribution in [-0.4, -0.2) is 29.5 Å². The van der Waals surface area contributed by atoms with Crippen molar-refractivity contribution in [3.05, 3.63) is 41.2 Å². The van der Waals surface area contributed by atoms with Gasteiger partial charge < -0.3 is 4.98 Å². The lowest BCUT2D eigenvalue weighted by Crippen LogP contribution is -2.08. The number of aromatic nitrogens is 6. The van der Waals surface area contributed by atoms with E-state index < -0.39 is 0 Å². The average molecular weight is 256 g/mol. The summed E-state index contributed by atoms with van der Waals surface area (Å²) in [6, 6.07) is 1.46. The average Bonchev–Trinajstić information content (AvgIpc) is 2.97. The SMILES string of the molecule is Cn1cc(-c2cc(=O)[nH]c(-c3cnn(C)c3)n2)cn1. The Bertz CT molecular complexity index is 720. The zero-order valence-corrected chi connectivity index (χ0v) is 10.5. The van der Waals surface area contributed by atoms with E-state index in [1.165, 1.54) is 6.07 Å². The number of aryl methyl sites for hydroxylation is 2. The molecule has 0 amide bonds. The van der Waals surface area contributed by atoms with Crippen molar-refractivity contribution in [2.45, 2.75) is 0 Å². The van der Waals surface area contributed by atoms with E-state index in [9.17, 15) is 4.79 Å². The minimum Gasteiger partial charge on any atom is -0.306 e. The quantitative estimate of drug-likeness (QED) is 0.726. The van der Waals surface area contributed by atoms with Crippen LogP contribution in [0.15, 0.2) is 35.6 Å². The molecule has 0 radical (unpaired) electrons. The van der Waals surface area contributed by atoms with Crippen LogP contribution >= 0.6 is 0 Å². The molecule has 0 bridgehead atoms. The lowest BCUT2D eigenvalue weighted by molar-refractivity contribution is 0.768. The molecule has 0 fully saturated rings. The molecule has 96 valence electrons. The molecule has 0 aliphatic heterocycles. The molecule has 3 rings (SSSR count). The van der Waals surface area contributed by atoms with Crippen molar-refractivity contribution in [1.29, 1.82) is 0 Å². The van der Waals surface area contributed by atoms with Gasteiger partial charge in [0.15, 0.2) is 0 Å². The summed E-state index contributed by atoms with van der Waals surface area (Å²) in [5.74, 6) is 0.499. The number of hydrogen-bond donors (Lipinski definition) is 1. The van der Waals surface area contributed by atoms with Crippen molar-refractivity contribution in [3.8, 4) is 22.6 Å². The van der Waals surface area contributed by atoms with Gasteiger partial charge in [0.05, 0.1) is 23.7 Å². The summed E-state index contributed by atoms with van der Waals surface area (Å²) >= 11 is 0. The Labute approximate surface area is 108 Å². The highest BCUT2D eigenvalue weighted by Gasteiger charge is 2.08. The van der Waals surface area contributed by atoms with E-state index in [4.69, 9.17) is 0 Å². The molecule has 7 heteroatoms. The molecular formula is C12H12N6O. The second-order valence-corrected chi connectivity index (χ2v) is 4.28. The van der Waals surface area contributed by atoms with Gasteiger partial charge in [-0.25, -0.2) is 4.98 Å². The molecule has 7 nitrogen and oxygen atoms in total. The lowest BCUT2D eigenvalue weighted by Gasteiger charge is -2.00. The van der Waals surface area contributed by atoms with Gasteiger partial charge in [0.1, 0.15) is 5.82 Å². The fraction of sp³-hybridized carbons (Fsp3) is 0.167. The fourth-order valence-electron chi connectivity index (χ4n) is 1.84. The van der Waals surface area contributed by atoms with Crippen molar-refractivity contribution in [2.75, 3.05) is 0 Å². The lowest BCUT2D eigenvalue weighted by atomic mass is 10.2. The number of aromatic amines is 1. The summed E-state index contributed by atoms with van der Waals surface area (Å²) in [7, 11) is 3.63. The molecule has 0 saturated heterocycles. The summed E-state index contributed by atoms with van der Waals surface area (Å²) in [6.45, 7) is 0. The number of rotatable bonds is 2. The van der Waals surface area contributed by atoms with Crippen LogP contribution < -0.4 is 5.56 Å². The first-order valence-electron chi connectivity index (χ1n) is 5.71. The molecule has 0 atom stereocenters. The van der Waals surface area contributed by atoms with Crippen molar-refractivity contribution in [1.82, 2.24) is 29.5 Å². The zero-order valence-electron chi connectivity index (χ0n) is 10.5. The maximum atomic E-state index is 11.7. The number of hydrogen-bond acceptors (Lipinski definition) is 4. The van der Waals surface area contributed by atoms with Crippen LogP contribution in [0.2, 0.25) is 0 Å². The smallest absolute Gasteiger partial charge is 0.251 e. The predicted molar refractivity (Wildman–Crippen MR) is 69.3 cm³/mol. The van der Waals surface area contributed by atoms with Gasteiger partial charge in [-0.2, -0.15) is 10.2 Å². The van der Waals surface area contributed by atoms with Crippen LogP contribution in [0.3, 0.4) is 0 Å². The van der Waals surface area contributed by atoms with Crippen LogP contribution in [0.25, 0.3) is 22.6 Å². The normalized spacial score (nSPS) is 10.8. The van der Waals surface area contributed by atoms with Gasteiger partial charge in [-0.3, -0.25) is 14.2 Å². The molecule has 1 N–H and O–H groups in total. The maximum Gasteiger partial charge on any atom is 0.251 e. The van der Waals surface area contributed by atoms with E-state index in [-0.39, 0.29) is 5.56 Å². The van der Waals surface area contributed by atoms with E-state index >= 15 is 0 Å². The Morgan fingerprint density at radius 3 is 2.26 bits per heavy atom. The Morgan fingerprint density at radius 2 is 1.68 bits per heavy atom. The van der Waals surface area contributed by atoms with Crippen LogP contribution in [0, 0.1) is 0 Å². The topological polar surface area (TPSA) is 81.4 Å². The third-order valence-corrected chi connectivity index (χ3v) is 2.72. The monoisotopic (exact) mass is 256 g/mol. The number of nitrogens with zero attached hydrogens (tertiary/aromatic N) is 5. The Hall–Kier alpha value is -2.70. The van der Waals surface area contributed by atoms with Gasteiger partial charge in [-0.1, -0.05) is 0 Å². The molecule has 3 aromatic rings. The Kier molecular flexibility index (Phi) is 2.52. The summed E-state index contributed by atoms with van der Waals surface area (Å²) in [5, 5.41) is 8.14. The van der Waals surface area contributed by atoms with Crippen molar-refractivity contribution >= 4 is 0 Å². The second-order valence-electron chi connectivity index (χ2n) is 4.28. The molecule has 3 aromatic heterocycles. The van der Waals surface area contributed by atoms with Gasteiger partial charge in [-0.05, 0) is 0 Å². The standard InChI is InChI=1S/C12H12N6O/c1-17-6-8(4-13-17)10-3-11(19)16-12(15-10)9-5-14-18(2)7-9/h3-7H,1-2H3,(H,15,16,19). The predicted octanol–water partition coefficient (Wildman–Crippen LogP) is 0.571. The third kappa shape index (κ3) is 2.17. The largest absolute Gasteiger partial charge is 0.306 e. The minimum atomic E-state index is -0.201. The van der Waals surface area contributed by atoms with E-state index in [2.05, 4.69) is 20.2 Å². The third-order valence-electron chi connectivity index (χ3n) is 2.72. The van der Waals surface area contributed by atoms with Crippen LogP contribution in [0.1, 0.15) is 0 Å². The Balaban J connectivity index is 2.13. The van der Waals surface area contributed by atoms with E-state index in [1.807, 2.05) is 20.3 Å². The van der Waals surface area contributed by atoms with Crippen molar-refractivity contribution in [2.24, 2.45) is 14.1 Å². The van der Waals surface area contributed by atoms with Gasteiger partial charge in [0.25, 0.3) is 5.56 Å². The summed E-state index contributed by atoms with van der Waals surface area (Å²) in [5.41, 5.74) is 1.97. The number of nitrogens with one attached hydrogen (secondary N) is 1. The molecule has 0 aliphatic carbocycles. The molecular weight excluding hydrogens is 244 g/mol. The molecule has 19 heavy (non-hydrogen) atoms. The summed E-state index contributed by atoms with van der Waals surface area (Å²) in [4.78, 5) is 18.9. The molecule has 0 aromatic carbocycles. The first-order chi connectivity index (χ1) is 9.11. The van der Waals surface area contributed by atoms with E-state index in [0.717, 1.165) is 11.1 Å². The van der Waals surface area contributed by atoms with Crippen LogP contribution in [0.4, 0.5) is 0 Å². The molecule has 0 unspecified atom stereocenters. The molecule has 0 aliphatic rings. The maximum absolute atomic E-state index is 11.7. The van der Waals surface area contributed by atoms with Crippen LogP contribution in [0.5, 0.6) is 0 Å². The van der Waals surface area contributed by atoms with Crippen molar-refractivity contribution in [3.63, 3.8) is 0 Å².